The lowest BCUT2D eigenvalue weighted by Gasteiger charge is -2.01. The number of carbonyl (C=O) groups excluding carboxylic acids is 1. The summed E-state index contributed by atoms with van der Waals surface area (Å²) in [6, 6.07) is 0.542. The Bertz CT molecular complexity index is 457. The van der Waals surface area contributed by atoms with Gasteiger partial charge in [0.15, 0.2) is 17.4 Å². The molecule has 0 saturated carbocycles. The van der Waals surface area contributed by atoms with Crippen molar-refractivity contribution in [3.05, 3.63) is 35.1 Å². The number of halogens is 3. The van der Waals surface area contributed by atoms with Gasteiger partial charge in [0.25, 0.3) is 0 Å². The van der Waals surface area contributed by atoms with Gasteiger partial charge in [-0.3, -0.25) is 9.59 Å². The summed E-state index contributed by atoms with van der Waals surface area (Å²) in [5.74, 6) is -6.69. The van der Waals surface area contributed by atoms with Crippen LogP contribution in [0.5, 0.6) is 0 Å². The number of hydrogen-bond acceptors (Lipinski definition) is 2. The molecule has 1 rings (SSSR count). The number of benzene rings is 1. The Balaban J connectivity index is 0.000000711. The van der Waals surface area contributed by atoms with Gasteiger partial charge in [-0.05, 0) is 6.07 Å². The number of unbranched alkanes of at least 4 members (excludes halogenated alkanes) is 1. The van der Waals surface area contributed by atoms with E-state index in [0.717, 1.165) is 0 Å². The second-order valence-corrected chi connectivity index (χ2v) is 3.74. The van der Waals surface area contributed by atoms with Crippen LogP contribution in [0.3, 0.4) is 0 Å². The lowest BCUT2D eigenvalue weighted by molar-refractivity contribution is -0.135. The highest BCUT2D eigenvalue weighted by molar-refractivity contribution is 6.05. The zero-order chi connectivity index (χ0) is 15.0. The molecule has 0 aliphatic heterocycles. The van der Waals surface area contributed by atoms with Crippen LogP contribution in [0.25, 0.3) is 0 Å². The molecule has 3 nitrogen and oxygen atoms in total. The molecule has 106 valence electrons. The van der Waals surface area contributed by atoms with Gasteiger partial charge in [-0.15, -0.1) is 0 Å². The molecule has 0 spiro atoms. The molecule has 0 heterocycles. The minimum atomic E-state index is -1.47. The standard InChI is InChI=1S/C9H5F3O3.C4H10/c10-5-2-7(12)6(11)1-4(5)8(13)3-9(14)15;1-3-4-2/h1-2H,3H2,(H,14,15);3-4H2,1-2H3. The number of rotatable bonds is 4. The molecule has 19 heavy (non-hydrogen) atoms. The lowest BCUT2D eigenvalue weighted by atomic mass is 10.1. The van der Waals surface area contributed by atoms with E-state index in [1.54, 1.807) is 0 Å². The van der Waals surface area contributed by atoms with Crippen molar-refractivity contribution in [3.8, 4) is 0 Å². The molecule has 0 saturated heterocycles. The normalized spacial score (nSPS) is 9.53. The van der Waals surface area contributed by atoms with E-state index in [2.05, 4.69) is 13.8 Å². The number of hydrogen-bond donors (Lipinski definition) is 1. The molecular weight excluding hydrogens is 261 g/mol. The topological polar surface area (TPSA) is 54.4 Å². The largest absolute Gasteiger partial charge is 0.481 e. The number of carboxylic acid groups (broad SMARTS) is 1. The van der Waals surface area contributed by atoms with Crippen LogP contribution in [0.1, 0.15) is 43.5 Å². The van der Waals surface area contributed by atoms with Crippen LogP contribution < -0.4 is 0 Å². The van der Waals surface area contributed by atoms with Crippen molar-refractivity contribution < 1.29 is 27.9 Å². The van der Waals surface area contributed by atoms with Gasteiger partial charge >= 0.3 is 5.97 Å². The molecular formula is C13H15F3O3. The minimum Gasteiger partial charge on any atom is -0.481 e. The molecule has 6 heteroatoms. The lowest BCUT2D eigenvalue weighted by Crippen LogP contribution is -2.10. The summed E-state index contributed by atoms with van der Waals surface area (Å²) < 4.78 is 38.0. The molecule has 0 aliphatic rings. The molecule has 1 aromatic carbocycles. The third-order valence-electron chi connectivity index (χ3n) is 2.12. The van der Waals surface area contributed by atoms with Crippen LogP contribution in [0.2, 0.25) is 0 Å². The van der Waals surface area contributed by atoms with E-state index in [1.165, 1.54) is 12.8 Å². The summed E-state index contributed by atoms with van der Waals surface area (Å²) in [6.07, 6.45) is 1.67. The Morgan fingerprint density at radius 2 is 1.47 bits per heavy atom. The first-order valence-corrected chi connectivity index (χ1v) is 5.72. The van der Waals surface area contributed by atoms with Crippen molar-refractivity contribution >= 4 is 11.8 Å². The molecule has 1 aromatic rings. The first-order valence-electron chi connectivity index (χ1n) is 5.72. The van der Waals surface area contributed by atoms with Crippen LogP contribution in [-0.2, 0) is 4.79 Å². The number of ketones is 1. The van der Waals surface area contributed by atoms with Gasteiger partial charge in [-0.25, -0.2) is 13.2 Å². The smallest absolute Gasteiger partial charge is 0.311 e. The first kappa shape index (κ1) is 17.2. The predicted molar refractivity (Wildman–Crippen MR) is 63.5 cm³/mol. The van der Waals surface area contributed by atoms with E-state index in [9.17, 15) is 22.8 Å². The van der Waals surface area contributed by atoms with Crippen LogP contribution in [-0.4, -0.2) is 16.9 Å². The van der Waals surface area contributed by atoms with E-state index in [4.69, 9.17) is 5.11 Å². The molecule has 0 radical (unpaired) electrons. The zero-order valence-electron chi connectivity index (χ0n) is 10.7. The van der Waals surface area contributed by atoms with Gasteiger partial charge in [0, 0.05) is 6.07 Å². The summed E-state index contributed by atoms with van der Waals surface area (Å²) in [5.41, 5.74) is -0.767. The van der Waals surface area contributed by atoms with Crippen LogP contribution >= 0.6 is 0 Å². The summed E-state index contributed by atoms with van der Waals surface area (Å²) in [6.45, 7) is 4.36. The fraction of sp³-hybridized carbons (Fsp3) is 0.385. The fourth-order valence-corrected chi connectivity index (χ4v) is 0.969. The third-order valence-corrected chi connectivity index (χ3v) is 2.12. The highest BCUT2D eigenvalue weighted by Crippen LogP contribution is 2.15. The average Bonchev–Trinajstić information content (AvgIpc) is 2.33. The Morgan fingerprint density at radius 3 is 1.89 bits per heavy atom. The zero-order valence-corrected chi connectivity index (χ0v) is 10.7. The highest BCUT2D eigenvalue weighted by Gasteiger charge is 2.18. The van der Waals surface area contributed by atoms with Gasteiger partial charge < -0.3 is 5.11 Å². The SMILES string of the molecule is CCCC.O=C(O)CC(=O)c1cc(F)c(F)cc1F. The van der Waals surface area contributed by atoms with Crippen LogP contribution in [0.15, 0.2) is 12.1 Å². The van der Waals surface area contributed by atoms with Gasteiger partial charge in [0.1, 0.15) is 12.2 Å². The van der Waals surface area contributed by atoms with Crippen molar-refractivity contribution in [3.63, 3.8) is 0 Å². The molecule has 0 unspecified atom stereocenters. The maximum Gasteiger partial charge on any atom is 0.311 e. The Hall–Kier alpha value is -1.85. The monoisotopic (exact) mass is 276 g/mol. The van der Waals surface area contributed by atoms with Crippen LogP contribution in [0, 0.1) is 17.5 Å². The summed E-state index contributed by atoms with van der Waals surface area (Å²) in [5, 5.41) is 8.25. The number of carbonyl (C=O) groups is 2. The molecule has 0 atom stereocenters. The predicted octanol–water partition coefficient (Wildman–Crippen LogP) is 3.57. The minimum absolute atomic E-state index is 0.199. The quantitative estimate of drug-likeness (QED) is 0.519. The maximum absolute atomic E-state index is 12.9. The first-order chi connectivity index (χ1) is 8.83. The Labute approximate surface area is 109 Å². The van der Waals surface area contributed by atoms with E-state index in [1.807, 2.05) is 0 Å². The van der Waals surface area contributed by atoms with Crippen molar-refractivity contribution in [2.45, 2.75) is 33.1 Å². The van der Waals surface area contributed by atoms with E-state index in [-0.39, 0.29) is 6.07 Å². The molecule has 0 aromatic heterocycles. The van der Waals surface area contributed by atoms with E-state index < -0.39 is 41.2 Å². The van der Waals surface area contributed by atoms with Crippen molar-refractivity contribution in [2.24, 2.45) is 0 Å². The van der Waals surface area contributed by atoms with E-state index in [0.29, 0.717) is 6.07 Å². The molecule has 0 bridgehead atoms. The third kappa shape index (κ3) is 6.03. The molecule has 0 fully saturated rings. The molecule has 0 amide bonds. The van der Waals surface area contributed by atoms with Crippen LogP contribution in [0.4, 0.5) is 13.2 Å². The second kappa shape index (κ2) is 8.29. The second-order valence-electron chi connectivity index (χ2n) is 3.74. The summed E-state index contributed by atoms with van der Waals surface area (Å²) in [7, 11) is 0. The van der Waals surface area contributed by atoms with Gasteiger partial charge in [0.2, 0.25) is 0 Å². The maximum atomic E-state index is 12.9. The van der Waals surface area contributed by atoms with Gasteiger partial charge in [0.05, 0.1) is 5.56 Å². The highest BCUT2D eigenvalue weighted by atomic mass is 19.2. The van der Waals surface area contributed by atoms with Crippen molar-refractivity contribution in [1.29, 1.82) is 0 Å². The summed E-state index contributed by atoms with van der Waals surface area (Å²) in [4.78, 5) is 21.2. The van der Waals surface area contributed by atoms with Gasteiger partial charge in [-0.1, -0.05) is 26.7 Å². The summed E-state index contributed by atoms with van der Waals surface area (Å²) >= 11 is 0. The molecule has 0 aliphatic carbocycles. The Morgan fingerprint density at radius 1 is 1.00 bits per heavy atom. The Kier molecular flexibility index (Phi) is 7.48. The van der Waals surface area contributed by atoms with Crippen molar-refractivity contribution in [1.82, 2.24) is 0 Å². The fourth-order valence-electron chi connectivity index (χ4n) is 0.969. The molecule has 1 N–H and O–H groups in total. The van der Waals surface area contributed by atoms with Crippen molar-refractivity contribution in [2.75, 3.05) is 0 Å². The average molecular weight is 276 g/mol. The number of Topliss-reactive ketones (excluding diaryl/α,β-unsaturated/α-hetero) is 1. The van der Waals surface area contributed by atoms with E-state index >= 15 is 0 Å². The van der Waals surface area contributed by atoms with Gasteiger partial charge in [-0.2, -0.15) is 0 Å². The number of carboxylic acids is 1. The number of aliphatic carboxylic acids is 1.